The van der Waals surface area contributed by atoms with Crippen LogP contribution in [-0.4, -0.2) is 55.5 Å². The zero-order valence-electron chi connectivity index (χ0n) is 16.2. The van der Waals surface area contributed by atoms with E-state index in [1.165, 1.54) is 34.6 Å². The van der Waals surface area contributed by atoms with E-state index in [0.717, 1.165) is 0 Å². The lowest BCUT2D eigenvalue weighted by molar-refractivity contribution is -0.139. The molecular formula is C15H28O10P2. The predicted octanol–water partition coefficient (Wildman–Crippen LogP) is 3.42. The number of ether oxygens (including phenoxy) is 1. The molecule has 27 heavy (non-hydrogen) atoms. The third-order valence-electron chi connectivity index (χ3n) is 2.90. The Bertz CT molecular complexity index is 566. The Balaban J connectivity index is 6.77. The van der Waals surface area contributed by atoms with E-state index in [2.05, 4.69) is 0 Å². The van der Waals surface area contributed by atoms with Gasteiger partial charge in [0.2, 0.25) is 0 Å². The van der Waals surface area contributed by atoms with E-state index >= 15 is 0 Å². The summed E-state index contributed by atoms with van der Waals surface area (Å²) < 4.78 is 52.6. The van der Waals surface area contributed by atoms with Crippen molar-refractivity contribution in [2.75, 3.05) is 33.0 Å². The lowest BCUT2D eigenvalue weighted by atomic mass is 10.3. The SMILES string of the molecule is CCOC(=O)C(=CC(=O)O)C(P(=O)(OCC)OCC)P(=O)(OCC)OCC. The van der Waals surface area contributed by atoms with Crippen molar-refractivity contribution in [3.63, 3.8) is 0 Å². The molecule has 0 fully saturated rings. The average molecular weight is 430 g/mol. The minimum Gasteiger partial charge on any atom is -0.478 e. The monoisotopic (exact) mass is 430 g/mol. The van der Waals surface area contributed by atoms with Crippen molar-refractivity contribution >= 4 is 27.1 Å². The van der Waals surface area contributed by atoms with Gasteiger partial charge in [0.1, 0.15) is 0 Å². The van der Waals surface area contributed by atoms with E-state index in [-0.39, 0.29) is 33.0 Å². The van der Waals surface area contributed by atoms with Crippen LogP contribution in [0.4, 0.5) is 0 Å². The highest BCUT2D eigenvalue weighted by molar-refractivity contribution is 7.73. The molecule has 10 nitrogen and oxygen atoms in total. The lowest BCUT2D eigenvalue weighted by Crippen LogP contribution is -2.26. The molecule has 0 unspecified atom stereocenters. The first kappa shape index (κ1) is 26.0. The van der Waals surface area contributed by atoms with Gasteiger partial charge in [0, 0.05) is 6.08 Å². The molecule has 12 heteroatoms. The van der Waals surface area contributed by atoms with Gasteiger partial charge in [0.15, 0.2) is 5.40 Å². The minimum atomic E-state index is -4.35. The summed E-state index contributed by atoms with van der Waals surface area (Å²) in [6.07, 6.45) is 0.456. The van der Waals surface area contributed by atoms with E-state index in [0.29, 0.717) is 6.08 Å². The summed E-state index contributed by atoms with van der Waals surface area (Å²) in [6.45, 7) is 7.00. The first-order valence-electron chi connectivity index (χ1n) is 8.54. The van der Waals surface area contributed by atoms with Crippen LogP contribution >= 0.6 is 15.2 Å². The summed E-state index contributed by atoms with van der Waals surface area (Å²) in [5, 5.41) is 7.26. The summed E-state index contributed by atoms with van der Waals surface area (Å²) >= 11 is 0. The van der Waals surface area contributed by atoms with E-state index in [1.54, 1.807) is 0 Å². The molecule has 0 radical (unpaired) electrons. The summed E-state index contributed by atoms with van der Waals surface area (Å²) in [4.78, 5) is 23.7. The summed E-state index contributed by atoms with van der Waals surface area (Å²) in [5.41, 5.74) is -0.681. The first-order chi connectivity index (χ1) is 12.7. The molecule has 0 aliphatic rings. The number of rotatable bonds is 14. The fourth-order valence-corrected chi connectivity index (χ4v) is 7.56. The number of carboxylic acid groups (broad SMARTS) is 1. The fourth-order valence-electron chi connectivity index (χ4n) is 2.18. The van der Waals surface area contributed by atoms with Gasteiger partial charge >= 0.3 is 27.1 Å². The number of carbonyl (C=O) groups excluding carboxylic acids is 1. The van der Waals surface area contributed by atoms with Gasteiger partial charge in [-0.25, -0.2) is 9.59 Å². The maximum Gasteiger partial charge on any atom is 0.350 e. The molecule has 0 heterocycles. The number of hydrogen-bond acceptors (Lipinski definition) is 9. The number of hydrogen-bond donors (Lipinski definition) is 1. The van der Waals surface area contributed by atoms with Crippen LogP contribution < -0.4 is 0 Å². The van der Waals surface area contributed by atoms with E-state index in [9.17, 15) is 23.8 Å². The predicted molar refractivity (Wildman–Crippen MR) is 97.9 cm³/mol. The molecular weight excluding hydrogens is 402 g/mol. The number of carbonyl (C=O) groups is 2. The second-order valence-corrected chi connectivity index (χ2v) is 9.42. The smallest absolute Gasteiger partial charge is 0.350 e. The largest absolute Gasteiger partial charge is 0.478 e. The first-order valence-corrected chi connectivity index (χ1v) is 11.8. The Morgan fingerprint density at radius 2 is 1.19 bits per heavy atom. The van der Waals surface area contributed by atoms with Crippen molar-refractivity contribution in [1.82, 2.24) is 0 Å². The maximum absolute atomic E-state index is 13.4. The molecule has 0 rings (SSSR count). The Morgan fingerprint density at radius 3 is 1.44 bits per heavy atom. The number of carboxylic acids is 1. The molecule has 0 aromatic heterocycles. The van der Waals surface area contributed by atoms with Crippen LogP contribution in [-0.2, 0) is 41.6 Å². The van der Waals surface area contributed by atoms with Crippen LogP contribution in [0.3, 0.4) is 0 Å². The Kier molecular flexibility index (Phi) is 12.0. The summed E-state index contributed by atoms with van der Waals surface area (Å²) in [5.74, 6) is -2.67. The lowest BCUT2D eigenvalue weighted by Gasteiger charge is -2.31. The highest BCUT2D eigenvalue weighted by atomic mass is 31.2. The number of aliphatic carboxylic acids is 1. The normalized spacial score (nSPS) is 13.0. The topological polar surface area (TPSA) is 135 Å². The average Bonchev–Trinajstić information content (AvgIpc) is 2.54. The van der Waals surface area contributed by atoms with Crippen LogP contribution in [0.1, 0.15) is 34.6 Å². The van der Waals surface area contributed by atoms with Gasteiger partial charge in [-0.1, -0.05) is 0 Å². The minimum absolute atomic E-state index is 0.0936. The third-order valence-corrected chi connectivity index (χ3v) is 8.83. The highest BCUT2D eigenvalue weighted by Crippen LogP contribution is 2.72. The molecule has 0 atom stereocenters. The standard InChI is InChI=1S/C15H28O10P2/c1-6-21-14(18)12(11-13(16)17)15(26(19,22-7-2)23-8-3)27(20,24-9-4)25-10-5/h11,15H,6-10H2,1-5H3,(H,16,17). The molecule has 0 bridgehead atoms. The van der Waals surface area contributed by atoms with Crippen molar-refractivity contribution < 1.29 is 46.7 Å². The van der Waals surface area contributed by atoms with Crippen molar-refractivity contribution in [1.29, 1.82) is 0 Å². The van der Waals surface area contributed by atoms with Crippen LogP contribution in [0.15, 0.2) is 11.6 Å². The van der Waals surface area contributed by atoms with Gasteiger partial charge < -0.3 is 27.9 Å². The van der Waals surface area contributed by atoms with E-state index in [1.807, 2.05) is 0 Å². The van der Waals surface area contributed by atoms with Crippen molar-refractivity contribution in [2.24, 2.45) is 0 Å². The molecule has 0 saturated carbocycles. The second kappa shape index (κ2) is 12.4. The van der Waals surface area contributed by atoms with Crippen LogP contribution in [0.25, 0.3) is 0 Å². The van der Waals surface area contributed by atoms with E-state index in [4.69, 9.17) is 22.8 Å². The quantitative estimate of drug-likeness (QED) is 0.248. The zero-order valence-corrected chi connectivity index (χ0v) is 18.0. The molecule has 1 N–H and O–H groups in total. The summed E-state index contributed by atoms with van der Waals surface area (Å²) in [6, 6.07) is 0. The molecule has 0 saturated heterocycles. The maximum atomic E-state index is 13.4. The molecule has 0 aromatic rings. The molecule has 0 aliphatic heterocycles. The van der Waals surface area contributed by atoms with Gasteiger partial charge in [-0.05, 0) is 34.6 Å². The molecule has 158 valence electrons. The molecule has 0 amide bonds. The van der Waals surface area contributed by atoms with Gasteiger partial charge in [0.05, 0.1) is 38.6 Å². The second-order valence-electron chi connectivity index (χ2n) is 4.78. The van der Waals surface area contributed by atoms with Crippen molar-refractivity contribution in [3.05, 3.63) is 11.6 Å². The zero-order chi connectivity index (χ0) is 21.1. The van der Waals surface area contributed by atoms with Crippen LogP contribution in [0.5, 0.6) is 0 Å². The van der Waals surface area contributed by atoms with Gasteiger partial charge in [-0.3, -0.25) is 9.13 Å². The van der Waals surface area contributed by atoms with Gasteiger partial charge in [0.25, 0.3) is 0 Å². The Morgan fingerprint density at radius 1 is 0.815 bits per heavy atom. The molecule has 0 aromatic carbocycles. The van der Waals surface area contributed by atoms with Crippen molar-refractivity contribution in [2.45, 2.75) is 40.0 Å². The number of esters is 1. The molecule has 0 aliphatic carbocycles. The van der Waals surface area contributed by atoms with Gasteiger partial charge in [-0.2, -0.15) is 0 Å². The Labute approximate surface area is 159 Å². The van der Waals surface area contributed by atoms with Gasteiger partial charge in [-0.15, -0.1) is 0 Å². The fraction of sp³-hybridized carbons (Fsp3) is 0.733. The Hall–Kier alpha value is -1.02. The van der Waals surface area contributed by atoms with E-state index < -0.39 is 38.1 Å². The highest BCUT2D eigenvalue weighted by Gasteiger charge is 2.55. The molecule has 0 spiro atoms. The third kappa shape index (κ3) is 7.49. The van der Waals surface area contributed by atoms with Crippen LogP contribution in [0, 0.1) is 0 Å². The van der Waals surface area contributed by atoms with Crippen LogP contribution in [0.2, 0.25) is 0 Å². The summed E-state index contributed by atoms with van der Waals surface area (Å²) in [7, 11) is -8.69. The van der Waals surface area contributed by atoms with Crippen molar-refractivity contribution in [3.8, 4) is 0 Å².